The van der Waals surface area contributed by atoms with Crippen LogP contribution in [0.5, 0.6) is 0 Å². The van der Waals surface area contributed by atoms with E-state index in [1.54, 1.807) is 0 Å². The van der Waals surface area contributed by atoms with E-state index in [1.807, 2.05) is 0 Å². The standard InChI is InChI=1S/C20H39N/c1-2-3-4-5-7-11-18-12-10-13-19(18)16-17-21-20-14-8-6-9-15-20/h18-21H,2-17H2,1H3/t18-,19+/m0/s1. The molecule has 0 bridgehead atoms. The molecule has 2 atom stereocenters. The quantitative estimate of drug-likeness (QED) is 0.482. The summed E-state index contributed by atoms with van der Waals surface area (Å²) in [5.74, 6) is 2.12. The summed E-state index contributed by atoms with van der Waals surface area (Å²) in [4.78, 5) is 0. The highest BCUT2D eigenvalue weighted by molar-refractivity contribution is 4.79. The summed E-state index contributed by atoms with van der Waals surface area (Å²) < 4.78 is 0. The van der Waals surface area contributed by atoms with E-state index in [1.165, 1.54) is 103 Å². The van der Waals surface area contributed by atoms with Gasteiger partial charge >= 0.3 is 0 Å². The van der Waals surface area contributed by atoms with Crippen molar-refractivity contribution in [2.45, 2.75) is 109 Å². The van der Waals surface area contributed by atoms with Gasteiger partial charge in [-0.3, -0.25) is 0 Å². The van der Waals surface area contributed by atoms with Crippen molar-refractivity contribution in [3.05, 3.63) is 0 Å². The zero-order valence-electron chi connectivity index (χ0n) is 14.5. The van der Waals surface area contributed by atoms with E-state index in [-0.39, 0.29) is 0 Å². The van der Waals surface area contributed by atoms with Crippen LogP contribution in [-0.4, -0.2) is 12.6 Å². The van der Waals surface area contributed by atoms with E-state index < -0.39 is 0 Å². The summed E-state index contributed by atoms with van der Waals surface area (Å²) in [6, 6.07) is 0.854. The van der Waals surface area contributed by atoms with Gasteiger partial charge < -0.3 is 5.32 Å². The SMILES string of the molecule is CCCCCCC[C@H]1CCC[C@@H]1CCNC1CCCCC1. The Morgan fingerprint density at radius 2 is 1.43 bits per heavy atom. The monoisotopic (exact) mass is 293 g/mol. The first-order chi connectivity index (χ1) is 10.4. The van der Waals surface area contributed by atoms with Gasteiger partial charge in [0, 0.05) is 6.04 Å². The van der Waals surface area contributed by atoms with Gasteiger partial charge in [-0.1, -0.05) is 84.0 Å². The largest absolute Gasteiger partial charge is 0.314 e. The van der Waals surface area contributed by atoms with Gasteiger partial charge in [-0.25, -0.2) is 0 Å². The fourth-order valence-electron chi connectivity index (χ4n) is 4.66. The van der Waals surface area contributed by atoms with E-state index >= 15 is 0 Å². The van der Waals surface area contributed by atoms with Crippen LogP contribution >= 0.6 is 0 Å². The number of rotatable bonds is 10. The smallest absolute Gasteiger partial charge is 0.00670 e. The summed E-state index contributed by atoms with van der Waals surface area (Å²) in [5.41, 5.74) is 0. The van der Waals surface area contributed by atoms with Crippen molar-refractivity contribution in [2.24, 2.45) is 11.8 Å². The Balaban J connectivity index is 1.53. The van der Waals surface area contributed by atoms with Gasteiger partial charge in [0.2, 0.25) is 0 Å². The lowest BCUT2D eigenvalue weighted by Crippen LogP contribution is -2.32. The van der Waals surface area contributed by atoms with E-state index in [2.05, 4.69) is 12.2 Å². The van der Waals surface area contributed by atoms with Gasteiger partial charge in [-0.05, 0) is 37.6 Å². The van der Waals surface area contributed by atoms with Crippen LogP contribution in [0.4, 0.5) is 0 Å². The van der Waals surface area contributed by atoms with Crippen LogP contribution < -0.4 is 5.32 Å². The van der Waals surface area contributed by atoms with Crippen LogP contribution in [0.1, 0.15) is 103 Å². The second-order valence-electron chi connectivity index (χ2n) is 7.73. The third-order valence-electron chi connectivity index (χ3n) is 6.05. The van der Waals surface area contributed by atoms with E-state index in [0.717, 1.165) is 17.9 Å². The van der Waals surface area contributed by atoms with Gasteiger partial charge in [0.25, 0.3) is 0 Å². The maximum absolute atomic E-state index is 3.85. The minimum Gasteiger partial charge on any atom is -0.314 e. The average molecular weight is 294 g/mol. The average Bonchev–Trinajstić information content (AvgIpc) is 2.96. The summed E-state index contributed by atoms with van der Waals surface area (Å²) in [5, 5.41) is 3.85. The van der Waals surface area contributed by atoms with E-state index in [4.69, 9.17) is 0 Å². The molecule has 124 valence electrons. The Morgan fingerprint density at radius 3 is 2.19 bits per heavy atom. The molecule has 0 spiro atoms. The molecule has 0 aromatic heterocycles. The molecule has 0 heterocycles. The third-order valence-corrected chi connectivity index (χ3v) is 6.05. The molecule has 2 saturated carbocycles. The molecule has 21 heavy (non-hydrogen) atoms. The molecule has 2 aliphatic carbocycles. The molecule has 1 heteroatoms. The van der Waals surface area contributed by atoms with Gasteiger partial charge in [-0.2, -0.15) is 0 Å². The molecular formula is C20H39N. The van der Waals surface area contributed by atoms with Crippen molar-refractivity contribution in [1.82, 2.24) is 5.32 Å². The molecule has 0 unspecified atom stereocenters. The lowest BCUT2D eigenvalue weighted by molar-refractivity contribution is 0.308. The van der Waals surface area contributed by atoms with Crippen molar-refractivity contribution in [2.75, 3.05) is 6.54 Å². The number of nitrogens with one attached hydrogen (secondary N) is 1. The van der Waals surface area contributed by atoms with Gasteiger partial charge in [0.15, 0.2) is 0 Å². The molecule has 0 radical (unpaired) electrons. The van der Waals surface area contributed by atoms with Crippen LogP contribution in [0.15, 0.2) is 0 Å². The molecule has 0 aromatic rings. The van der Waals surface area contributed by atoms with E-state index in [9.17, 15) is 0 Å². The zero-order valence-corrected chi connectivity index (χ0v) is 14.5. The molecular weight excluding hydrogens is 254 g/mol. The second-order valence-corrected chi connectivity index (χ2v) is 7.73. The van der Waals surface area contributed by atoms with Gasteiger partial charge in [-0.15, -0.1) is 0 Å². The number of hydrogen-bond acceptors (Lipinski definition) is 1. The highest BCUT2D eigenvalue weighted by Gasteiger charge is 2.26. The molecule has 0 amide bonds. The van der Waals surface area contributed by atoms with Crippen LogP contribution in [0.2, 0.25) is 0 Å². The predicted molar refractivity (Wildman–Crippen MR) is 93.7 cm³/mol. The summed E-state index contributed by atoms with van der Waals surface area (Å²) >= 11 is 0. The second kappa shape index (κ2) is 10.6. The van der Waals surface area contributed by atoms with Crippen molar-refractivity contribution in [1.29, 1.82) is 0 Å². The maximum atomic E-state index is 3.85. The lowest BCUT2D eigenvalue weighted by atomic mass is 9.88. The third kappa shape index (κ3) is 6.72. The van der Waals surface area contributed by atoms with Crippen LogP contribution in [0, 0.1) is 11.8 Å². The molecule has 2 fully saturated rings. The Bertz CT molecular complexity index is 244. The molecule has 1 N–H and O–H groups in total. The Kier molecular flexibility index (Phi) is 8.78. The Labute approximate surface area is 133 Å². The van der Waals surface area contributed by atoms with Crippen LogP contribution in [0.3, 0.4) is 0 Å². The van der Waals surface area contributed by atoms with Crippen LogP contribution in [0.25, 0.3) is 0 Å². The predicted octanol–water partition coefficient (Wildman–Crippen LogP) is 6.08. The van der Waals surface area contributed by atoms with Crippen molar-refractivity contribution in [3.63, 3.8) is 0 Å². The van der Waals surface area contributed by atoms with Crippen molar-refractivity contribution < 1.29 is 0 Å². The topological polar surface area (TPSA) is 12.0 Å². The van der Waals surface area contributed by atoms with Gasteiger partial charge in [0.1, 0.15) is 0 Å². The number of unbranched alkanes of at least 4 members (excludes halogenated alkanes) is 4. The lowest BCUT2D eigenvalue weighted by Gasteiger charge is -2.25. The maximum Gasteiger partial charge on any atom is 0.00670 e. The molecule has 0 saturated heterocycles. The minimum absolute atomic E-state index is 0.854. The zero-order chi connectivity index (χ0) is 14.8. The van der Waals surface area contributed by atoms with E-state index in [0.29, 0.717) is 0 Å². The fraction of sp³-hybridized carbons (Fsp3) is 1.00. The fourth-order valence-corrected chi connectivity index (χ4v) is 4.66. The molecule has 0 aromatic carbocycles. The van der Waals surface area contributed by atoms with Crippen LogP contribution in [-0.2, 0) is 0 Å². The molecule has 2 rings (SSSR count). The molecule has 1 nitrogen and oxygen atoms in total. The number of hydrogen-bond donors (Lipinski definition) is 1. The first-order valence-corrected chi connectivity index (χ1v) is 10.1. The highest BCUT2D eigenvalue weighted by atomic mass is 14.9. The van der Waals surface area contributed by atoms with Crippen molar-refractivity contribution in [3.8, 4) is 0 Å². The Morgan fingerprint density at radius 1 is 0.714 bits per heavy atom. The minimum atomic E-state index is 0.854. The molecule has 0 aliphatic heterocycles. The summed E-state index contributed by atoms with van der Waals surface area (Å²) in [7, 11) is 0. The first kappa shape index (κ1) is 17.3. The summed E-state index contributed by atoms with van der Waals surface area (Å²) in [6.07, 6.45) is 22.1. The first-order valence-electron chi connectivity index (χ1n) is 10.1. The normalized spacial score (nSPS) is 27.3. The molecule has 2 aliphatic rings. The Hall–Kier alpha value is -0.0400. The summed E-state index contributed by atoms with van der Waals surface area (Å²) in [6.45, 7) is 3.61. The van der Waals surface area contributed by atoms with Crippen molar-refractivity contribution >= 4 is 0 Å². The van der Waals surface area contributed by atoms with Gasteiger partial charge in [0.05, 0.1) is 0 Å². The highest BCUT2D eigenvalue weighted by Crippen LogP contribution is 2.37.